The third-order valence-electron chi connectivity index (χ3n) is 7.90. The maximum absolute atomic E-state index is 11.5. The van der Waals surface area contributed by atoms with E-state index in [1.807, 2.05) is 49.6 Å². The van der Waals surface area contributed by atoms with Crippen LogP contribution in [0.5, 0.6) is 5.75 Å². The number of hydrogen-bond donors (Lipinski definition) is 3. The number of aromatic nitrogens is 6. The Morgan fingerprint density at radius 2 is 2.00 bits per heavy atom. The quantitative estimate of drug-likeness (QED) is 0.291. The summed E-state index contributed by atoms with van der Waals surface area (Å²) in [5.41, 5.74) is 7.87. The average molecular weight is 543 g/mol. The highest BCUT2D eigenvalue weighted by molar-refractivity contribution is 5.87. The fraction of sp³-hybridized carbons (Fsp3) is 0.357. The van der Waals surface area contributed by atoms with Crippen molar-refractivity contribution in [3.8, 4) is 17.0 Å². The van der Waals surface area contributed by atoms with E-state index in [9.17, 15) is 10.2 Å². The van der Waals surface area contributed by atoms with Crippen LogP contribution in [-0.4, -0.2) is 77.1 Å². The van der Waals surface area contributed by atoms with Gasteiger partial charge in [-0.25, -0.2) is 14.5 Å². The minimum atomic E-state index is -1.64. The lowest BCUT2D eigenvalue weighted by molar-refractivity contribution is -0.0664. The van der Waals surface area contributed by atoms with Gasteiger partial charge in [-0.15, -0.1) is 0 Å². The number of aryl methyl sites for hydroxylation is 1. The maximum Gasteiger partial charge on any atom is 0.152 e. The molecular formula is C28H30N8O4. The Labute approximate surface area is 229 Å². The first kappa shape index (κ1) is 24.8. The predicted molar refractivity (Wildman–Crippen MR) is 148 cm³/mol. The van der Waals surface area contributed by atoms with Crippen molar-refractivity contribution in [2.24, 2.45) is 7.05 Å². The van der Waals surface area contributed by atoms with Crippen molar-refractivity contribution in [2.45, 2.75) is 37.3 Å². The Morgan fingerprint density at radius 1 is 1.18 bits per heavy atom. The number of nitrogens with zero attached hydrogens (tertiary/aromatic N) is 7. The zero-order valence-electron chi connectivity index (χ0n) is 22.2. The summed E-state index contributed by atoms with van der Waals surface area (Å²) in [5.74, 6) is 1.83. The molecule has 0 aliphatic carbocycles. The highest BCUT2D eigenvalue weighted by Gasteiger charge is 2.54. The number of hydrogen-bond acceptors (Lipinski definition) is 10. The topological polar surface area (TPSA) is 149 Å². The van der Waals surface area contributed by atoms with Gasteiger partial charge in [0.25, 0.3) is 0 Å². The highest BCUT2D eigenvalue weighted by atomic mass is 16.6. The lowest BCUT2D eigenvalue weighted by Crippen LogP contribution is -2.43. The van der Waals surface area contributed by atoms with Crippen molar-refractivity contribution >= 4 is 28.1 Å². The van der Waals surface area contributed by atoms with Crippen LogP contribution in [0.4, 0.5) is 11.6 Å². The van der Waals surface area contributed by atoms with Crippen LogP contribution in [0.25, 0.3) is 27.7 Å². The average Bonchev–Trinajstić information content (AvgIpc) is 3.57. The summed E-state index contributed by atoms with van der Waals surface area (Å²) in [4.78, 5) is 11.2. The predicted octanol–water partition coefficient (Wildman–Crippen LogP) is 2.10. The molecule has 4 atom stereocenters. The van der Waals surface area contributed by atoms with Crippen LogP contribution in [0.1, 0.15) is 25.1 Å². The number of ether oxygens (including phenoxy) is 2. The molecule has 1 aromatic carbocycles. The standard InChI is InChI=1S/C28H30N8O4/c1-28(38)25(37)22(14-39-17-6-4-16-5-7-23(32-20(16)12-17)35-9-3-10-35)40-26(28)21-13-18(19-8-11-34(2)33-19)24-27(29)30-15-31-36(21)24/h4-8,11-13,15,22,25-26,37-38H,3,9-10,14H2,1-2H3,(H2,29,30,31)/t22-,25-,26+,28-/m1/s1. The third-order valence-corrected chi connectivity index (χ3v) is 7.90. The van der Waals surface area contributed by atoms with Gasteiger partial charge in [0.15, 0.2) is 5.82 Å². The Morgan fingerprint density at radius 3 is 2.75 bits per heavy atom. The second-order valence-corrected chi connectivity index (χ2v) is 10.7. The first-order valence-electron chi connectivity index (χ1n) is 13.3. The lowest BCUT2D eigenvalue weighted by atomic mass is 9.91. The van der Waals surface area contributed by atoms with Crippen molar-refractivity contribution in [1.29, 1.82) is 0 Å². The maximum atomic E-state index is 11.5. The summed E-state index contributed by atoms with van der Waals surface area (Å²) in [6.07, 6.45) is 1.40. The highest BCUT2D eigenvalue weighted by Crippen LogP contribution is 2.44. The number of anilines is 2. The van der Waals surface area contributed by atoms with Crippen molar-refractivity contribution in [1.82, 2.24) is 29.4 Å². The minimum Gasteiger partial charge on any atom is -0.491 e. The van der Waals surface area contributed by atoms with Gasteiger partial charge in [0.2, 0.25) is 0 Å². The number of aliphatic hydroxyl groups excluding tert-OH is 1. The van der Waals surface area contributed by atoms with E-state index in [0.717, 1.165) is 29.8 Å². The first-order valence-corrected chi connectivity index (χ1v) is 13.3. The smallest absolute Gasteiger partial charge is 0.152 e. The Hall–Kier alpha value is -4.26. The zero-order valence-corrected chi connectivity index (χ0v) is 22.2. The van der Waals surface area contributed by atoms with Crippen molar-refractivity contribution in [3.05, 3.63) is 60.7 Å². The van der Waals surface area contributed by atoms with E-state index in [2.05, 4.69) is 26.1 Å². The first-order chi connectivity index (χ1) is 19.3. The molecule has 0 bridgehead atoms. The molecule has 4 N–H and O–H groups in total. The molecule has 2 aliphatic heterocycles. The molecule has 2 fully saturated rings. The Bertz CT molecular complexity index is 1730. The number of nitrogen functional groups attached to an aromatic ring is 1. The number of benzene rings is 1. The summed E-state index contributed by atoms with van der Waals surface area (Å²) < 4.78 is 15.6. The van der Waals surface area contributed by atoms with Crippen molar-refractivity contribution in [3.63, 3.8) is 0 Å². The van der Waals surface area contributed by atoms with Gasteiger partial charge in [-0.1, -0.05) is 0 Å². The minimum absolute atomic E-state index is 0.0265. The monoisotopic (exact) mass is 542 g/mol. The molecule has 12 heteroatoms. The number of nitrogens with two attached hydrogens (primary N) is 1. The Balaban J connectivity index is 1.16. The van der Waals surface area contributed by atoms with Crippen LogP contribution in [0.3, 0.4) is 0 Å². The Kier molecular flexibility index (Phi) is 5.66. The SMILES string of the molecule is Cn1ccc(-c2cc([C@@H]3O[C@H](COc4ccc5ccc(N6CCC6)nc5c4)[C@@H](O)[C@@]3(C)O)n3ncnc(N)c23)n1. The molecule has 0 radical (unpaired) electrons. The van der Waals surface area contributed by atoms with Crippen LogP contribution in [-0.2, 0) is 11.8 Å². The number of rotatable bonds is 6. The van der Waals surface area contributed by atoms with E-state index in [4.69, 9.17) is 20.2 Å². The number of aliphatic hydroxyl groups is 2. The largest absolute Gasteiger partial charge is 0.491 e. The molecule has 7 rings (SSSR count). The summed E-state index contributed by atoms with van der Waals surface area (Å²) >= 11 is 0. The fourth-order valence-electron chi connectivity index (χ4n) is 5.53. The van der Waals surface area contributed by atoms with E-state index in [0.29, 0.717) is 28.2 Å². The third kappa shape index (κ3) is 3.95. The molecule has 40 heavy (non-hydrogen) atoms. The normalized spacial score (nSPS) is 24.6. The van der Waals surface area contributed by atoms with Gasteiger partial charge in [-0.2, -0.15) is 10.2 Å². The number of pyridine rings is 1. The number of fused-ring (bicyclic) bond motifs is 2. The van der Waals surface area contributed by atoms with E-state index in [-0.39, 0.29) is 12.4 Å². The van der Waals surface area contributed by atoms with Gasteiger partial charge < -0.3 is 30.3 Å². The second-order valence-electron chi connectivity index (χ2n) is 10.7. The second kappa shape index (κ2) is 9.15. The van der Waals surface area contributed by atoms with Gasteiger partial charge in [-0.3, -0.25) is 4.68 Å². The van der Waals surface area contributed by atoms with Gasteiger partial charge in [0, 0.05) is 43.4 Å². The molecule has 2 saturated heterocycles. The molecule has 0 unspecified atom stereocenters. The molecule has 2 aliphatic rings. The van der Waals surface area contributed by atoms with Crippen LogP contribution in [0.15, 0.2) is 55.0 Å². The van der Waals surface area contributed by atoms with Gasteiger partial charge >= 0.3 is 0 Å². The van der Waals surface area contributed by atoms with Crippen molar-refractivity contribution in [2.75, 3.05) is 30.3 Å². The van der Waals surface area contributed by atoms with Crippen LogP contribution < -0.4 is 15.4 Å². The summed E-state index contributed by atoms with van der Waals surface area (Å²) in [6.45, 7) is 3.61. The van der Waals surface area contributed by atoms with Crippen LogP contribution >= 0.6 is 0 Å². The molecule has 5 aromatic rings. The molecule has 0 amide bonds. The van der Waals surface area contributed by atoms with Crippen molar-refractivity contribution < 1.29 is 19.7 Å². The van der Waals surface area contributed by atoms with E-state index < -0.39 is 23.9 Å². The van der Waals surface area contributed by atoms with Gasteiger partial charge in [0.05, 0.1) is 16.9 Å². The molecule has 206 valence electrons. The molecule has 0 saturated carbocycles. The van der Waals surface area contributed by atoms with Crippen LogP contribution in [0, 0.1) is 0 Å². The van der Waals surface area contributed by atoms with Gasteiger partial charge in [0.1, 0.15) is 53.9 Å². The van der Waals surface area contributed by atoms with E-state index in [1.165, 1.54) is 12.7 Å². The molecule has 12 nitrogen and oxygen atoms in total. The van der Waals surface area contributed by atoms with Gasteiger partial charge in [-0.05, 0) is 49.7 Å². The fourth-order valence-corrected chi connectivity index (χ4v) is 5.53. The zero-order chi connectivity index (χ0) is 27.6. The van der Waals surface area contributed by atoms with E-state index >= 15 is 0 Å². The molecular weight excluding hydrogens is 512 g/mol. The summed E-state index contributed by atoms with van der Waals surface area (Å²) in [5, 5.41) is 32.5. The van der Waals surface area contributed by atoms with E-state index in [1.54, 1.807) is 16.1 Å². The molecule has 0 spiro atoms. The summed E-state index contributed by atoms with van der Waals surface area (Å²) in [6, 6.07) is 13.5. The lowest BCUT2D eigenvalue weighted by Gasteiger charge is -2.32. The molecule has 6 heterocycles. The molecule has 4 aromatic heterocycles. The summed E-state index contributed by atoms with van der Waals surface area (Å²) in [7, 11) is 1.82. The van der Waals surface area contributed by atoms with Crippen LogP contribution in [0.2, 0.25) is 0 Å².